The SMILES string of the molecule is N#CCC1CC(N=O)CC(=O)O1. The second kappa shape index (κ2) is 3.81. The van der Waals surface area contributed by atoms with Crippen LogP contribution in [0, 0.1) is 16.2 Å². The molecule has 12 heavy (non-hydrogen) atoms. The summed E-state index contributed by atoms with van der Waals surface area (Å²) in [6.45, 7) is 0. The minimum atomic E-state index is -0.510. The number of nitrogens with zero attached hydrogens (tertiary/aromatic N) is 2. The van der Waals surface area contributed by atoms with Crippen LogP contribution in [-0.4, -0.2) is 18.1 Å². The summed E-state index contributed by atoms with van der Waals surface area (Å²) in [4.78, 5) is 20.9. The first-order valence-corrected chi connectivity index (χ1v) is 3.65. The van der Waals surface area contributed by atoms with Crippen molar-refractivity contribution in [3.05, 3.63) is 4.91 Å². The van der Waals surface area contributed by atoms with Crippen molar-refractivity contribution in [3.63, 3.8) is 0 Å². The van der Waals surface area contributed by atoms with E-state index in [1.165, 1.54) is 0 Å². The molecule has 0 spiro atoms. The largest absolute Gasteiger partial charge is 0.461 e. The van der Waals surface area contributed by atoms with Gasteiger partial charge in [-0.3, -0.25) is 4.79 Å². The lowest BCUT2D eigenvalue weighted by molar-refractivity contribution is -0.154. The number of rotatable bonds is 2. The Labute approximate surface area is 69.3 Å². The molecule has 1 heterocycles. The van der Waals surface area contributed by atoms with E-state index >= 15 is 0 Å². The molecular weight excluding hydrogens is 160 g/mol. The Morgan fingerprint density at radius 3 is 3.08 bits per heavy atom. The van der Waals surface area contributed by atoms with E-state index in [0.717, 1.165) is 0 Å². The smallest absolute Gasteiger partial charge is 0.308 e. The molecule has 1 fully saturated rings. The van der Waals surface area contributed by atoms with Crippen molar-refractivity contribution < 1.29 is 9.53 Å². The molecule has 5 nitrogen and oxygen atoms in total. The zero-order valence-electron chi connectivity index (χ0n) is 6.40. The molecule has 0 aromatic rings. The Kier molecular flexibility index (Phi) is 2.75. The first kappa shape index (κ1) is 8.65. The summed E-state index contributed by atoms with van der Waals surface area (Å²) in [6.07, 6.45) is 0.116. The summed E-state index contributed by atoms with van der Waals surface area (Å²) >= 11 is 0. The summed E-state index contributed by atoms with van der Waals surface area (Å²) in [5.41, 5.74) is 0. The third-order valence-electron chi connectivity index (χ3n) is 1.70. The summed E-state index contributed by atoms with van der Waals surface area (Å²) < 4.78 is 4.80. The van der Waals surface area contributed by atoms with E-state index < -0.39 is 18.1 Å². The van der Waals surface area contributed by atoms with E-state index in [2.05, 4.69) is 5.18 Å². The van der Waals surface area contributed by atoms with Crippen molar-refractivity contribution >= 4 is 5.97 Å². The van der Waals surface area contributed by atoms with Crippen LogP contribution in [0.3, 0.4) is 0 Å². The average Bonchev–Trinajstić information content (AvgIpc) is 2.04. The highest BCUT2D eigenvalue weighted by Crippen LogP contribution is 2.19. The van der Waals surface area contributed by atoms with Crippen molar-refractivity contribution in [2.75, 3.05) is 0 Å². The van der Waals surface area contributed by atoms with Crippen LogP contribution in [0.1, 0.15) is 19.3 Å². The fourth-order valence-corrected chi connectivity index (χ4v) is 1.17. The number of hydrogen-bond donors (Lipinski definition) is 0. The second-order valence-electron chi connectivity index (χ2n) is 2.67. The maximum Gasteiger partial charge on any atom is 0.308 e. The van der Waals surface area contributed by atoms with Gasteiger partial charge in [0, 0.05) is 6.42 Å². The number of carbonyl (C=O) groups is 1. The Balaban J connectivity index is 2.51. The third-order valence-corrected chi connectivity index (χ3v) is 1.70. The number of esters is 1. The van der Waals surface area contributed by atoms with Crippen molar-refractivity contribution in [1.29, 1.82) is 5.26 Å². The van der Waals surface area contributed by atoms with Crippen molar-refractivity contribution in [3.8, 4) is 6.07 Å². The number of nitroso groups, excluding NO2 is 1. The number of nitriles is 1. The van der Waals surface area contributed by atoms with Crippen LogP contribution in [0.25, 0.3) is 0 Å². The zero-order chi connectivity index (χ0) is 8.97. The molecule has 0 amide bonds. The van der Waals surface area contributed by atoms with Crippen molar-refractivity contribution in [2.24, 2.45) is 5.18 Å². The van der Waals surface area contributed by atoms with Gasteiger partial charge in [-0.05, 0) is 0 Å². The third kappa shape index (κ3) is 2.02. The van der Waals surface area contributed by atoms with Crippen LogP contribution in [-0.2, 0) is 9.53 Å². The van der Waals surface area contributed by atoms with Crippen molar-refractivity contribution in [1.82, 2.24) is 0 Å². The van der Waals surface area contributed by atoms with Gasteiger partial charge in [-0.1, -0.05) is 5.18 Å². The van der Waals surface area contributed by atoms with E-state index in [1.54, 1.807) is 0 Å². The van der Waals surface area contributed by atoms with Crippen LogP contribution < -0.4 is 0 Å². The van der Waals surface area contributed by atoms with Gasteiger partial charge >= 0.3 is 5.97 Å². The Morgan fingerprint density at radius 2 is 2.50 bits per heavy atom. The highest BCUT2D eigenvalue weighted by Gasteiger charge is 2.28. The quantitative estimate of drug-likeness (QED) is 0.450. The molecule has 0 radical (unpaired) electrons. The molecule has 1 aliphatic rings. The van der Waals surface area contributed by atoms with Crippen LogP contribution in [0.2, 0.25) is 0 Å². The molecule has 0 bridgehead atoms. The molecule has 1 rings (SSSR count). The zero-order valence-corrected chi connectivity index (χ0v) is 6.40. The molecule has 2 unspecified atom stereocenters. The van der Waals surface area contributed by atoms with E-state index in [0.29, 0.717) is 6.42 Å². The van der Waals surface area contributed by atoms with Crippen LogP contribution in [0.4, 0.5) is 0 Å². The lowest BCUT2D eigenvalue weighted by Crippen LogP contribution is -2.31. The van der Waals surface area contributed by atoms with E-state index in [9.17, 15) is 9.70 Å². The standard InChI is InChI=1S/C7H8N2O3/c8-2-1-6-3-5(9-11)4-7(10)12-6/h5-6H,1,3-4H2. The normalized spacial score (nSPS) is 28.8. The van der Waals surface area contributed by atoms with Gasteiger partial charge in [0.15, 0.2) is 0 Å². The molecular formula is C7H8N2O3. The highest BCUT2D eigenvalue weighted by atomic mass is 16.5. The summed E-state index contributed by atoms with van der Waals surface area (Å²) in [7, 11) is 0. The van der Waals surface area contributed by atoms with E-state index in [-0.39, 0.29) is 12.8 Å². The first-order valence-electron chi connectivity index (χ1n) is 3.65. The summed E-state index contributed by atoms with van der Waals surface area (Å²) in [5, 5.41) is 11.1. The predicted octanol–water partition coefficient (Wildman–Crippen LogP) is 0.741. The van der Waals surface area contributed by atoms with Crippen LogP contribution in [0.5, 0.6) is 0 Å². The molecule has 2 atom stereocenters. The van der Waals surface area contributed by atoms with Gasteiger partial charge in [0.25, 0.3) is 0 Å². The lowest BCUT2D eigenvalue weighted by atomic mass is 10.0. The first-order chi connectivity index (χ1) is 5.76. The van der Waals surface area contributed by atoms with Gasteiger partial charge < -0.3 is 4.74 Å². The monoisotopic (exact) mass is 168 g/mol. The number of carbonyl (C=O) groups excluding carboxylic acids is 1. The second-order valence-corrected chi connectivity index (χ2v) is 2.67. The fraction of sp³-hybridized carbons (Fsp3) is 0.714. The molecule has 1 aliphatic heterocycles. The average molecular weight is 168 g/mol. The molecule has 0 aromatic carbocycles. The highest BCUT2D eigenvalue weighted by molar-refractivity contribution is 5.71. The minimum absolute atomic E-state index is 0.0471. The van der Waals surface area contributed by atoms with Gasteiger partial charge in [0.2, 0.25) is 0 Å². The number of cyclic esters (lactones) is 1. The van der Waals surface area contributed by atoms with E-state index in [4.69, 9.17) is 10.00 Å². The van der Waals surface area contributed by atoms with Gasteiger partial charge in [-0.2, -0.15) is 10.2 Å². The van der Waals surface area contributed by atoms with Gasteiger partial charge in [0.05, 0.1) is 18.9 Å². The summed E-state index contributed by atoms with van der Waals surface area (Å²) in [5.74, 6) is -0.439. The Morgan fingerprint density at radius 1 is 1.75 bits per heavy atom. The maximum absolute atomic E-state index is 10.8. The predicted molar refractivity (Wildman–Crippen MR) is 38.9 cm³/mol. The number of hydrogen-bond acceptors (Lipinski definition) is 5. The molecule has 64 valence electrons. The molecule has 1 saturated heterocycles. The van der Waals surface area contributed by atoms with E-state index in [1.807, 2.05) is 6.07 Å². The van der Waals surface area contributed by atoms with Gasteiger partial charge in [0.1, 0.15) is 12.1 Å². The van der Waals surface area contributed by atoms with Crippen LogP contribution >= 0.6 is 0 Å². The lowest BCUT2D eigenvalue weighted by Gasteiger charge is -2.22. The Hall–Kier alpha value is -1.44. The molecule has 0 aliphatic carbocycles. The fourth-order valence-electron chi connectivity index (χ4n) is 1.17. The van der Waals surface area contributed by atoms with Gasteiger partial charge in [-0.15, -0.1) is 0 Å². The molecule has 0 N–H and O–H groups in total. The van der Waals surface area contributed by atoms with Gasteiger partial charge in [-0.25, -0.2) is 0 Å². The van der Waals surface area contributed by atoms with Crippen molar-refractivity contribution in [2.45, 2.75) is 31.4 Å². The maximum atomic E-state index is 10.8. The molecule has 0 saturated carbocycles. The Bertz CT molecular complexity index is 233. The number of ether oxygens (including phenoxy) is 1. The van der Waals surface area contributed by atoms with Crippen LogP contribution in [0.15, 0.2) is 5.18 Å². The molecule has 0 aromatic heterocycles. The minimum Gasteiger partial charge on any atom is -0.461 e. The molecule has 5 heteroatoms. The summed E-state index contributed by atoms with van der Waals surface area (Å²) in [6, 6.07) is 1.37. The topological polar surface area (TPSA) is 79.5 Å².